The molecule has 2 aromatic rings. The highest BCUT2D eigenvalue weighted by atomic mass is 32.2. The molecule has 2 aromatic carbocycles. The number of sulfone groups is 1. The molecule has 0 saturated heterocycles. The molecule has 0 spiro atoms. The molecule has 3 rings (SSSR count). The number of Topliss-reactive ketones (excluding diaryl/α,β-unsaturated/α-hetero) is 1. The Kier molecular flexibility index (Phi) is 4.33. The summed E-state index contributed by atoms with van der Waals surface area (Å²) >= 11 is 0. The SMILES string of the molecule is CC(=O)c1ccc(S(=O)(=O)c2cc3c(cc2C)OC(OC(=O)O)O3)cc1. The van der Waals surface area contributed by atoms with E-state index >= 15 is 0 Å². The van der Waals surface area contributed by atoms with Gasteiger partial charge in [0.05, 0.1) is 9.79 Å². The minimum atomic E-state index is -3.88. The highest BCUT2D eigenvalue weighted by Crippen LogP contribution is 2.40. The van der Waals surface area contributed by atoms with E-state index in [0.717, 1.165) is 0 Å². The number of carbonyl (C=O) groups is 2. The molecule has 0 amide bonds. The topological polar surface area (TPSA) is 116 Å². The molecule has 1 aliphatic rings. The molecule has 8 nitrogen and oxygen atoms in total. The minimum Gasteiger partial charge on any atom is -0.450 e. The first kappa shape index (κ1) is 17.7. The van der Waals surface area contributed by atoms with Crippen molar-refractivity contribution in [3.8, 4) is 11.5 Å². The van der Waals surface area contributed by atoms with E-state index in [1.165, 1.54) is 43.3 Å². The molecule has 1 unspecified atom stereocenters. The van der Waals surface area contributed by atoms with Gasteiger partial charge in [-0.1, -0.05) is 12.1 Å². The molecular formula is C17H14O8S. The van der Waals surface area contributed by atoms with Gasteiger partial charge in [0, 0.05) is 11.6 Å². The zero-order chi connectivity index (χ0) is 19.1. The monoisotopic (exact) mass is 378 g/mol. The molecule has 136 valence electrons. The molecule has 0 fully saturated rings. The van der Waals surface area contributed by atoms with E-state index in [4.69, 9.17) is 14.6 Å². The van der Waals surface area contributed by atoms with E-state index in [1.54, 1.807) is 6.92 Å². The summed E-state index contributed by atoms with van der Waals surface area (Å²) in [7, 11) is -3.88. The minimum absolute atomic E-state index is 0.0165. The van der Waals surface area contributed by atoms with Crippen LogP contribution in [-0.2, 0) is 14.6 Å². The molecule has 1 aliphatic heterocycles. The zero-order valence-corrected chi connectivity index (χ0v) is 14.6. The van der Waals surface area contributed by atoms with Crippen molar-refractivity contribution in [2.45, 2.75) is 30.1 Å². The second-order valence-corrected chi connectivity index (χ2v) is 7.47. The van der Waals surface area contributed by atoms with Crippen LogP contribution in [0.4, 0.5) is 4.79 Å². The molecule has 0 aromatic heterocycles. The number of fused-ring (bicyclic) bond motifs is 1. The van der Waals surface area contributed by atoms with Crippen LogP contribution < -0.4 is 9.47 Å². The van der Waals surface area contributed by atoms with E-state index in [1.807, 2.05) is 0 Å². The number of carbonyl (C=O) groups excluding carboxylic acids is 1. The smallest absolute Gasteiger partial charge is 0.450 e. The zero-order valence-electron chi connectivity index (χ0n) is 13.8. The fourth-order valence-electron chi connectivity index (χ4n) is 2.47. The Morgan fingerprint density at radius 2 is 1.65 bits per heavy atom. The highest BCUT2D eigenvalue weighted by molar-refractivity contribution is 7.91. The first-order chi connectivity index (χ1) is 12.2. The summed E-state index contributed by atoms with van der Waals surface area (Å²) in [5, 5.41) is 8.60. The van der Waals surface area contributed by atoms with Crippen LogP contribution >= 0.6 is 0 Å². The van der Waals surface area contributed by atoms with Crippen LogP contribution in [0.2, 0.25) is 0 Å². The maximum atomic E-state index is 12.9. The van der Waals surface area contributed by atoms with Gasteiger partial charge in [-0.05, 0) is 37.6 Å². The van der Waals surface area contributed by atoms with Gasteiger partial charge in [-0.3, -0.25) is 4.79 Å². The van der Waals surface area contributed by atoms with Crippen LogP contribution in [0.5, 0.6) is 11.5 Å². The van der Waals surface area contributed by atoms with Crippen molar-refractivity contribution < 1.29 is 37.3 Å². The van der Waals surface area contributed by atoms with Gasteiger partial charge in [0.25, 0.3) is 0 Å². The van der Waals surface area contributed by atoms with Gasteiger partial charge >= 0.3 is 12.6 Å². The molecular weight excluding hydrogens is 364 g/mol. The molecule has 0 saturated carbocycles. The van der Waals surface area contributed by atoms with Gasteiger partial charge in [0.1, 0.15) is 0 Å². The summed E-state index contributed by atoms with van der Waals surface area (Å²) in [4.78, 5) is 21.9. The number of ketones is 1. The maximum Gasteiger partial charge on any atom is 0.511 e. The van der Waals surface area contributed by atoms with Gasteiger partial charge in [0.2, 0.25) is 9.84 Å². The van der Waals surface area contributed by atoms with Gasteiger partial charge in [-0.2, -0.15) is 0 Å². The molecule has 1 N–H and O–H groups in total. The van der Waals surface area contributed by atoms with E-state index in [0.29, 0.717) is 11.1 Å². The number of aryl methyl sites for hydroxylation is 1. The van der Waals surface area contributed by atoms with Gasteiger partial charge in [-0.15, -0.1) is 0 Å². The average molecular weight is 378 g/mol. The van der Waals surface area contributed by atoms with Crippen molar-refractivity contribution >= 4 is 21.8 Å². The van der Waals surface area contributed by atoms with Crippen LogP contribution in [-0.4, -0.2) is 31.9 Å². The third kappa shape index (κ3) is 3.21. The summed E-state index contributed by atoms with van der Waals surface area (Å²) in [5.41, 5.74) is 0.791. The molecule has 9 heteroatoms. The molecule has 26 heavy (non-hydrogen) atoms. The molecule has 1 atom stereocenters. The van der Waals surface area contributed by atoms with Crippen LogP contribution in [0.25, 0.3) is 0 Å². The molecule has 1 heterocycles. The normalized spacial score (nSPS) is 15.5. The second kappa shape index (κ2) is 6.34. The molecule has 0 bridgehead atoms. The van der Waals surface area contributed by atoms with Crippen LogP contribution in [0.1, 0.15) is 22.8 Å². The lowest BCUT2D eigenvalue weighted by Crippen LogP contribution is -2.24. The standard InChI is InChI=1S/C17H14O8S/c1-9-7-13-14(24-17(23-13)25-16(19)20)8-15(9)26(21,22)12-5-3-11(4-6-12)10(2)18/h3-8,17H,1-2H3,(H,19,20). The Morgan fingerprint density at radius 1 is 1.08 bits per heavy atom. The highest BCUT2D eigenvalue weighted by Gasteiger charge is 2.31. The Labute approximate surface area is 148 Å². The summed E-state index contributed by atoms with van der Waals surface area (Å²) in [6.45, 7) is 1.47. The lowest BCUT2D eigenvalue weighted by molar-refractivity contribution is -0.147. The van der Waals surface area contributed by atoms with Crippen molar-refractivity contribution in [3.05, 3.63) is 47.5 Å². The quantitative estimate of drug-likeness (QED) is 0.638. The van der Waals surface area contributed by atoms with Crippen LogP contribution in [0.3, 0.4) is 0 Å². The number of hydrogen-bond donors (Lipinski definition) is 1. The van der Waals surface area contributed by atoms with Crippen LogP contribution in [0, 0.1) is 6.92 Å². The molecule has 0 radical (unpaired) electrons. The average Bonchev–Trinajstić information content (AvgIpc) is 2.94. The van der Waals surface area contributed by atoms with Gasteiger partial charge < -0.3 is 19.3 Å². The summed E-state index contributed by atoms with van der Waals surface area (Å²) in [6.07, 6.45) is -1.59. The summed E-state index contributed by atoms with van der Waals surface area (Å²) in [5.74, 6) is 0.0677. The first-order valence-corrected chi connectivity index (χ1v) is 8.90. The Hall–Kier alpha value is -3.07. The lowest BCUT2D eigenvalue weighted by atomic mass is 10.2. The Bertz CT molecular complexity index is 992. The number of rotatable bonds is 4. The van der Waals surface area contributed by atoms with Crippen molar-refractivity contribution in [3.63, 3.8) is 0 Å². The largest absolute Gasteiger partial charge is 0.511 e. The Balaban J connectivity index is 1.97. The van der Waals surface area contributed by atoms with Gasteiger partial charge in [0.15, 0.2) is 17.3 Å². The maximum absolute atomic E-state index is 12.9. The van der Waals surface area contributed by atoms with E-state index in [2.05, 4.69) is 4.74 Å². The van der Waals surface area contributed by atoms with Crippen LogP contribution in [0.15, 0.2) is 46.2 Å². The van der Waals surface area contributed by atoms with E-state index < -0.39 is 22.5 Å². The number of hydrogen-bond acceptors (Lipinski definition) is 7. The Morgan fingerprint density at radius 3 is 2.19 bits per heavy atom. The van der Waals surface area contributed by atoms with Crippen molar-refractivity contribution in [1.82, 2.24) is 0 Å². The number of benzene rings is 2. The molecule has 0 aliphatic carbocycles. The fourth-order valence-corrected chi connectivity index (χ4v) is 3.97. The van der Waals surface area contributed by atoms with E-state index in [9.17, 15) is 18.0 Å². The lowest BCUT2D eigenvalue weighted by Gasteiger charge is -2.09. The predicted octanol–water partition coefficient (Wildman–Crippen LogP) is 2.78. The van der Waals surface area contributed by atoms with E-state index in [-0.39, 0.29) is 27.1 Å². The third-order valence-electron chi connectivity index (χ3n) is 3.75. The van der Waals surface area contributed by atoms with Crippen molar-refractivity contribution in [2.24, 2.45) is 0 Å². The predicted molar refractivity (Wildman–Crippen MR) is 87.2 cm³/mol. The second-order valence-electron chi connectivity index (χ2n) is 5.56. The first-order valence-electron chi connectivity index (χ1n) is 7.42. The summed E-state index contributed by atoms with van der Waals surface area (Å²) < 4.78 is 40.5. The fraction of sp³-hybridized carbons (Fsp3) is 0.176. The third-order valence-corrected chi connectivity index (χ3v) is 5.66. The van der Waals surface area contributed by atoms with Crippen molar-refractivity contribution in [2.75, 3.05) is 0 Å². The number of ether oxygens (including phenoxy) is 3. The van der Waals surface area contributed by atoms with Gasteiger partial charge in [-0.25, -0.2) is 13.2 Å². The summed E-state index contributed by atoms with van der Waals surface area (Å²) in [6, 6.07) is 8.27. The van der Waals surface area contributed by atoms with Crippen molar-refractivity contribution in [1.29, 1.82) is 0 Å². The number of carboxylic acid groups (broad SMARTS) is 1.